The Balaban J connectivity index is 1.80. The van der Waals surface area contributed by atoms with Crippen LogP contribution in [0.15, 0.2) is 53.4 Å². The molecule has 0 radical (unpaired) electrons. The number of nitrogens with zero attached hydrogens (tertiary/aromatic N) is 1. The molecular weight excluding hydrogens is 392 g/mol. The summed E-state index contributed by atoms with van der Waals surface area (Å²) in [5, 5.41) is 2.79. The van der Waals surface area contributed by atoms with Crippen LogP contribution in [0.4, 0.5) is 0 Å². The van der Waals surface area contributed by atoms with Crippen LogP contribution in [0.3, 0.4) is 0 Å². The molecule has 2 aromatic rings. The minimum atomic E-state index is -3.46. The second kappa shape index (κ2) is 10.3. The smallest absolute Gasteiger partial charge is 0.261 e. The fourth-order valence-electron chi connectivity index (χ4n) is 2.48. The fourth-order valence-corrected chi connectivity index (χ4v) is 3.38. The van der Waals surface area contributed by atoms with Crippen molar-refractivity contribution < 1.29 is 22.7 Å². The van der Waals surface area contributed by atoms with Crippen LogP contribution in [0.5, 0.6) is 11.5 Å². The predicted molar refractivity (Wildman–Crippen MR) is 112 cm³/mol. The molecule has 0 aliphatic heterocycles. The number of carbonyl (C=O) groups excluding carboxylic acids is 1. The molecule has 29 heavy (non-hydrogen) atoms. The number of hydrogen-bond acceptors (Lipinski definition) is 5. The quantitative estimate of drug-likeness (QED) is 0.597. The van der Waals surface area contributed by atoms with E-state index in [0.717, 1.165) is 9.87 Å². The normalized spacial score (nSPS) is 12.4. The molecule has 8 heteroatoms. The number of aryl methyl sites for hydroxylation is 1. The number of carbonyl (C=O) groups is 1. The molecule has 1 amide bonds. The molecule has 0 bridgehead atoms. The van der Waals surface area contributed by atoms with Gasteiger partial charge in [0.25, 0.3) is 5.91 Å². The van der Waals surface area contributed by atoms with Crippen molar-refractivity contribution in [1.29, 1.82) is 0 Å². The van der Waals surface area contributed by atoms with Gasteiger partial charge in [0.05, 0.1) is 11.4 Å². The average Bonchev–Trinajstić information content (AvgIpc) is 2.70. The lowest BCUT2D eigenvalue weighted by atomic mass is 10.2. The van der Waals surface area contributed by atoms with E-state index in [9.17, 15) is 13.2 Å². The molecule has 0 spiro atoms. The van der Waals surface area contributed by atoms with E-state index < -0.39 is 16.1 Å². The topological polar surface area (TPSA) is 84.9 Å². The lowest BCUT2D eigenvalue weighted by Gasteiger charge is -2.17. The lowest BCUT2D eigenvalue weighted by Crippen LogP contribution is -2.39. The summed E-state index contributed by atoms with van der Waals surface area (Å²) in [5.41, 5.74) is 1.12. The van der Waals surface area contributed by atoms with Crippen molar-refractivity contribution in [3.63, 3.8) is 0 Å². The number of amides is 1. The van der Waals surface area contributed by atoms with Gasteiger partial charge in [0, 0.05) is 14.1 Å². The molecule has 7 nitrogen and oxygen atoms in total. The van der Waals surface area contributed by atoms with Crippen molar-refractivity contribution in [1.82, 2.24) is 9.62 Å². The molecule has 0 fully saturated rings. The third-order valence-corrected chi connectivity index (χ3v) is 6.06. The van der Waals surface area contributed by atoms with Crippen molar-refractivity contribution in [2.45, 2.75) is 31.3 Å². The van der Waals surface area contributed by atoms with Gasteiger partial charge in [-0.2, -0.15) is 0 Å². The summed E-state index contributed by atoms with van der Waals surface area (Å²) < 4.78 is 36.6. The number of ether oxygens (including phenoxy) is 2. The third kappa shape index (κ3) is 6.47. The molecule has 0 aliphatic rings. The van der Waals surface area contributed by atoms with Crippen molar-refractivity contribution in [2.75, 3.05) is 27.2 Å². The van der Waals surface area contributed by atoms with E-state index in [2.05, 4.69) is 5.32 Å². The first-order valence-corrected chi connectivity index (χ1v) is 10.8. The summed E-state index contributed by atoms with van der Waals surface area (Å²) in [5.74, 6) is 0.977. The first kappa shape index (κ1) is 22.7. The highest BCUT2D eigenvalue weighted by atomic mass is 32.2. The van der Waals surface area contributed by atoms with Gasteiger partial charge in [-0.15, -0.1) is 0 Å². The van der Waals surface area contributed by atoms with Gasteiger partial charge in [0.15, 0.2) is 6.10 Å². The Kier molecular flexibility index (Phi) is 8.04. The lowest BCUT2D eigenvalue weighted by molar-refractivity contribution is -0.128. The molecule has 0 saturated carbocycles. The first-order chi connectivity index (χ1) is 13.7. The van der Waals surface area contributed by atoms with Crippen LogP contribution in [-0.4, -0.2) is 52.0 Å². The zero-order chi connectivity index (χ0) is 21.4. The number of sulfonamides is 1. The summed E-state index contributed by atoms with van der Waals surface area (Å²) >= 11 is 0. The Morgan fingerprint density at radius 1 is 1.03 bits per heavy atom. The maximum atomic E-state index is 12.3. The summed E-state index contributed by atoms with van der Waals surface area (Å²) in [6.07, 6.45) is -0.0317. The van der Waals surface area contributed by atoms with Gasteiger partial charge in [-0.05, 0) is 49.7 Å². The average molecular weight is 421 g/mol. The second-order valence-corrected chi connectivity index (χ2v) is 8.88. The highest BCUT2D eigenvalue weighted by Gasteiger charge is 2.18. The zero-order valence-electron chi connectivity index (χ0n) is 17.2. The number of hydrogen-bond donors (Lipinski definition) is 1. The third-order valence-electron chi connectivity index (χ3n) is 4.23. The van der Waals surface area contributed by atoms with Gasteiger partial charge in [0.2, 0.25) is 10.0 Å². The zero-order valence-corrected chi connectivity index (χ0v) is 18.0. The maximum absolute atomic E-state index is 12.3. The van der Waals surface area contributed by atoms with E-state index in [1.807, 2.05) is 38.1 Å². The first-order valence-electron chi connectivity index (χ1n) is 9.40. The Bertz CT molecular complexity index is 894. The van der Waals surface area contributed by atoms with Gasteiger partial charge < -0.3 is 14.8 Å². The van der Waals surface area contributed by atoms with Crippen LogP contribution in [0.2, 0.25) is 0 Å². The molecular formula is C21H28N2O5S. The molecule has 0 aliphatic carbocycles. The highest BCUT2D eigenvalue weighted by molar-refractivity contribution is 7.89. The van der Waals surface area contributed by atoms with Gasteiger partial charge in [-0.3, -0.25) is 4.79 Å². The molecule has 0 heterocycles. The van der Waals surface area contributed by atoms with Gasteiger partial charge in [0.1, 0.15) is 18.1 Å². The minimum absolute atomic E-state index is 0.196. The van der Waals surface area contributed by atoms with Gasteiger partial charge in [-0.25, -0.2) is 12.7 Å². The van der Waals surface area contributed by atoms with Crippen LogP contribution in [0, 0.1) is 6.92 Å². The SMILES string of the molecule is CCC(Oc1ccc(C)cc1)C(=O)NCCOc1ccc(S(=O)(=O)N(C)C)cc1. The highest BCUT2D eigenvalue weighted by Crippen LogP contribution is 2.18. The Morgan fingerprint density at radius 3 is 2.17 bits per heavy atom. The summed E-state index contributed by atoms with van der Waals surface area (Å²) in [4.78, 5) is 12.5. The standard InChI is InChI=1S/C21H28N2O5S/c1-5-20(28-18-8-6-16(2)7-9-18)21(24)22-14-15-27-17-10-12-19(13-11-17)29(25,26)23(3)4/h6-13,20H,5,14-15H2,1-4H3,(H,22,24). The van der Waals surface area contributed by atoms with Crippen molar-refractivity contribution >= 4 is 15.9 Å². The predicted octanol–water partition coefficient (Wildman–Crippen LogP) is 2.60. The van der Waals surface area contributed by atoms with Crippen LogP contribution in [0.1, 0.15) is 18.9 Å². The number of nitrogens with one attached hydrogen (secondary N) is 1. The molecule has 1 unspecified atom stereocenters. The van der Waals surface area contributed by atoms with Crippen LogP contribution >= 0.6 is 0 Å². The fraction of sp³-hybridized carbons (Fsp3) is 0.381. The van der Waals surface area contributed by atoms with E-state index in [1.165, 1.54) is 26.2 Å². The monoisotopic (exact) mass is 420 g/mol. The minimum Gasteiger partial charge on any atom is -0.492 e. The number of rotatable bonds is 10. The van der Waals surface area contributed by atoms with E-state index in [-0.39, 0.29) is 17.4 Å². The summed E-state index contributed by atoms with van der Waals surface area (Å²) in [6, 6.07) is 13.7. The van der Waals surface area contributed by atoms with E-state index in [4.69, 9.17) is 9.47 Å². The summed E-state index contributed by atoms with van der Waals surface area (Å²) in [6.45, 7) is 4.44. The molecule has 1 N–H and O–H groups in total. The van der Waals surface area contributed by atoms with E-state index in [1.54, 1.807) is 12.1 Å². The molecule has 2 rings (SSSR count). The Morgan fingerprint density at radius 2 is 1.62 bits per heavy atom. The largest absolute Gasteiger partial charge is 0.492 e. The van der Waals surface area contributed by atoms with Crippen molar-refractivity contribution in [3.8, 4) is 11.5 Å². The van der Waals surface area contributed by atoms with Crippen LogP contribution in [-0.2, 0) is 14.8 Å². The number of benzene rings is 2. The van der Waals surface area contributed by atoms with Gasteiger partial charge >= 0.3 is 0 Å². The molecule has 0 aromatic heterocycles. The molecule has 158 valence electrons. The molecule has 2 aromatic carbocycles. The summed E-state index contributed by atoms with van der Waals surface area (Å²) in [7, 11) is -0.503. The molecule has 1 atom stereocenters. The molecule has 0 saturated heterocycles. The second-order valence-electron chi connectivity index (χ2n) is 6.73. The maximum Gasteiger partial charge on any atom is 0.261 e. The Hall–Kier alpha value is -2.58. The van der Waals surface area contributed by atoms with Gasteiger partial charge in [-0.1, -0.05) is 24.6 Å². The van der Waals surface area contributed by atoms with Crippen LogP contribution < -0.4 is 14.8 Å². The Labute approximate surface area is 172 Å². The van der Waals surface area contributed by atoms with E-state index >= 15 is 0 Å². The van der Waals surface area contributed by atoms with Crippen LogP contribution in [0.25, 0.3) is 0 Å². The van der Waals surface area contributed by atoms with Crippen molar-refractivity contribution in [2.24, 2.45) is 0 Å². The van der Waals surface area contributed by atoms with E-state index in [0.29, 0.717) is 24.5 Å². The van der Waals surface area contributed by atoms with Crippen molar-refractivity contribution in [3.05, 3.63) is 54.1 Å².